The van der Waals surface area contributed by atoms with Crippen LogP contribution in [0.1, 0.15) is 40.1 Å². The second-order valence-electron chi connectivity index (χ2n) is 10.8. The van der Waals surface area contributed by atoms with Crippen molar-refractivity contribution in [2.75, 3.05) is 23.9 Å². The summed E-state index contributed by atoms with van der Waals surface area (Å²) in [6.07, 6.45) is 0.349. The number of imide groups is 1. The third kappa shape index (κ3) is 4.44. The molecule has 2 aliphatic rings. The van der Waals surface area contributed by atoms with Gasteiger partial charge < -0.3 is 19.8 Å². The van der Waals surface area contributed by atoms with Gasteiger partial charge in [-0.3, -0.25) is 14.5 Å². The molecule has 0 radical (unpaired) electrons. The number of rotatable bonds is 7. The van der Waals surface area contributed by atoms with Crippen molar-refractivity contribution >= 4 is 40.1 Å². The number of amides is 4. The quantitative estimate of drug-likeness (QED) is 0.218. The Morgan fingerprint density at radius 2 is 1.70 bits per heavy atom. The third-order valence-corrected chi connectivity index (χ3v) is 8.27. The monoisotopic (exact) mass is 586 g/mol. The van der Waals surface area contributed by atoms with E-state index in [1.54, 1.807) is 60.5 Å². The molecule has 7 rings (SSSR count). The summed E-state index contributed by atoms with van der Waals surface area (Å²) in [7, 11) is 1.60. The number of carbonyl (C=O) groups is 3. The number of carbonyl (C=O) groups excluding carboxylic acids is 3. The molecule has 1 aromatic heterocycles. The molecule has 2 N–H and O–H groups in total. The molecule has 1 saturated heterocycles. The van der Waals surface area contributed by atoms with Crippen molar-refractivity contribution in [3.63, 3.8) is 0 Å². The number of nitrogens with one attached hydrogen (secondary N) is 2. The summed E-state index contributed by atoms with van der Waals surface area (Å²) in [6, 6.07) is 27.4. The average molecular weight is 587 g/mol. The summed E-state index contributed by atoms with van der Waals surface area (Å²) in [6.45, 7) is 2.44. The first kappa shape index (κ1) is 27.3. The number of nitrogens with zero attached hydrogens (tertiary/aromatic N) is 2. The van der Waals surface area contributed by atoms with E-state index in [9.17, 15) is 14.4 Å². The van der Waals surface area contributed by atoms with E-state index in [4.69, 9.17) is 9.47 Å². The van der Waals surface area contributed by atoms with E-state index in [1.807, 2.05) is 55.5 Å². The Morgan fingerprint density at radius 3 is 2.50 bits per heavy atom. The maximum atomic E-state index is 14.4. The van der Waals surface area contributed by atoms with Crippen LogP contribution in [0.4, 0.5) is 16.2 Å². The first-order chi connectivity index (χ1) is 21.5. The lowest BCUT2D eigenvalue weighted by Crippen LogP contribution is -2.44. The summed E-state index contributed by atoms with van der Waals surface area (Å²) < 4.78 is 11.0. The number of methoxy groups -OCH3 is 1. The van der Waals surface area contributed by atoms with Crippen LogP contribution < -0.4 is 19.7 Å². The number of benzene rings is 4. The molecule has 220 valence electrons. The van der Waals surface area contributed by atoms with E-state index in [0.717, 1.165) is 32.6 Å². The molecule has 9 heteroatoms. The molecular formula is C35H30N4O5. The van der Waals surface area contributed by atoms with Crippen LogP contribution in [0.15, 0.2) is 97.1 Å². The summed E-state index contributed by atoms with van der Waals surface area (Å²) in [5.41, 5.74) is 4.63. The Balaban J connectivity index is 1.28. The molecule has 3 heterocycles. The van der Waals surface area contributed by atoms with E-state index in [2.05, 4.69) is 10.3 Å². The molecule has 1 fully saturated rings. The van der Waals surface area contributed by atoms with Gasteiger partial charge >= 0.3 is 6.03 Å². The molecule has 2 aliphatic heterocycles. The molecule has 5 aromatic rings. The number of hydrogen-bond acceptors (Lipinski definition) is 5. The van der Waals surface area contributed by atoms with Gasteiger partial charge in [-0.2, -0.15) is 0 Å². The lowest BCUT2D eigenvalue weighted by Gasteiger charge is -2.36. The topological polar surface area (TPSA) is 104 Å². The molecule has 9 nitrogen and oxygen atoms in total. The van der Waals surface area contributed by atoms with Crippen LogP contribution in [0.25, 0.3) is 10.9 Å². The molecule has 0 saturated carbocycles. The highest BCUT2D eigenvalue weighted by atomic mass is 16.5. The Morgan fingerprint density at radius 1 is 0.932 bits per heavy atom. The number of fused-ring (bicyclic) bond motifs is 4. The largest absolute Gasteiger partial charge is 0.497 e. The second-order valence-corrected chi connectivity index (χ2v) is 10.8. The molecular weight excluding hydrogens is 556 g/mol. The molecule has 4 aromatic carbocycles. The Labute approximate surface area is 254 Å². The van der Waals surface area contributed by atoms with Gasteiger partial charge in [0.2, 0.25) is 0 Å². The SMILES string of the molecule is CCOc1ccc(NC(=O)c2ccccc2N2C(=O)[C@@H]3Cc4c([nH]c5ccccc45)[C@H](c4cccc(OC)c4)N3C2=O)cc1. The van der Waals surface area contributed by atoms with E-state index in [-0.39, 0.29) is 17.2 Å². The van der Waals surface area contributed by atoms with Crippen molar-refractivity contribution in [3.8, 4) is 11.5 Å². The first-order valence-corrected chi connectivity index (χ1v) is 14.5. The van der Waals surface area contributed by atoms with Gasteiger partial charge in [-0.05, 0) is 72.6 Å². The van der Waals surface area contributed by atoms with Crippen LogP contribution in [0.2, 0.25) is 0 Å². The van der Waals surface area contributed by atoms with E-state index >= 15 is 0 Å². The van der Waals surface area contributed by atoms with Gasteiger partial charge in [0.1, 0.15) is 23.6 Å². The van der Waals surface area contributed by atoms with Crippen LogP contribution in [-0.2, 0) is 11.2 Å². The Kier molecular flexibility index (Phi) is 6.77. The molecule has 0 spiro atoms. The summed E-state index contributed by atoms with van der Waals surface area (Å²) in [5, 5.41) is 3.90. The highest BCUT2D eigenvalue weighted by molar-refractivity contribution is 6.24. The fraction of sp³-hybridized carbons (Fsp3) is 0.171. The highest BCUT2D eigenvalue weighted by Gasteiger charge is 2.53. The standard InChI is InChI=1S/C35H30N4O5/c1-3-44-23-17-15-22(16-18-23)36-33(40)26-12-5-7-14-29(26)39-34(41)30-20-27-25-11-4-6-13-28(25)37-31(27)32(38(30)35(39)42)21-9-8-10-24(19-21)43-2/h4-19,30,32,37H,3,20H2,1-2H3,(H,36,40)/t30-,32-/m0/s1. The van der Waals surface area contributed by atoms with Crippen molar-refractivity contribution in [2.45, 2.75) is 25.4 Å². The zero-order valence-corrected chi connectivity index (χ0v) is 24.2. The number of anilines is 2. The molecule has 2 atom stereocenters. The van der Waals surface area contributed by atoms with E-state index in [1.165, 1.54) is 0 Å². The number of hydrogen-bond donors (Lipinski definition) is 2. The zero-order chi connectivity index (χ0) is 30.4. The summed E-state index contributed by atoms with van der Waals surface area (Å²) in [4.78, 5) is 48.5. The maximum Gasteiger partial charge on any atom is 0.332 e. The van der Waals surface area contributed by atoms with Crippen LogP contribution in [0.3, 0.4) is 0 Å². The highest BCUT2D eigenvalue weighted by Crippen LogP contribution is 2.45. The van der Waals surface area contributed by atoms with Gasteiger partial charge in [0.05, 0.1) is 25.0 Å². The van der Waals surface area contributed by atoms with Gasteiger partial charge in [0.15, 0.2) is 0 Å². The van der Waals surface area contributed by atoms with Gasteiger partial charge in [-0.15, -0.1) is 0 Å². The van der Waals surface area contributed by atoms with Crippen LogP contribution in [0.5, 0.6) is 11.5 Å². The summed E-state index contributed by atoms with van der Waals surface area (Å²) >= 11 is 0. The van der Waals surface area contributed by atoms with Crippen LogP contribution >= 0.6 is 0 Å². The van der Waals surface area contributed by atoms with E-state index in [0.29, 0.717) is 30.2 Å². The smallest absolute Gasteiger partial charge is 0.332 e. The predicted molar refractivity (Wildman–Crippen MR) is 167 cm³/mol. The molecule has 0 aliphatic carbocycles. The van der Waals surface area contributed by atoms with Crippen molar-refractivity contribution in [3.05, 3.63) is 119 Å². The fourth-order valence-electron chi connectivity index (χ4n) is 6.31. The predicted octanol–water partition coefficient (Wildman–Crippen LogP) is 6.31. The second kappa shape index (κ2) is 10.9. The molecule has 0 bridgehead atoms. The third-order valence-electron chi connectivity index (χ3n) is 8.27. The van der Waals surface area contributed by atoms with Gasteiger partial charge in [-0.1, -0.05) is 42.5 Å². The number of para-hydroxylation sites is 2. The minimum Gasteiger partial charge on any atom is -0.497 e. The van der Waals surface area contributed by atoms with E-state index < -0.39 is 24.0 Å². The number of urea groups is 1. The maximum absolute atomic E-state index is 14.4. The molecule has 44 heavy (non-hydrogen) atoms. The fourth-order valence-corrected chi connectivity index (χ4v) is 6.31. The average Bonchev–Trinajstić information content (AvgIpc) is 3.54. The zero-order valence-electron chi connectivity index (χ0n) is 24.2. The molecule has 4 amide bonds. The van der Waals surface area contributed by atoms with Crippen molar-refractivity contribution in [1.82, 2.24) is 9.88 Å². The normalized spacial score (nSPS) is 17.4. The minimum atomic E-state index is -0.757. The molecule has 0 unspecified atom stereocenters. The number of aromatic nitrogens is 1. The van der Waals surface area contributed by atoms with Crippen LogP contribution in [0, 0.1) is 0 Å². The lowest BCUT2D eigenvalue weighted by molar-refractivity contribution is -0.120. The Bertz CT molecular complexity index is 1910. The summed E-state index contributed by atoms with van der Waals surface area (Å²) in [5.74, 6) is 0.531. The number of ether oxygens (including phenoxy) is 2. The minimum absolute atomic E-state index is 0.213. The van der Waals surface area contributed by atoms with Crippen molar-refractivity contribution < 1.29 is 23.9 Å². The van der Waals surface area contributed by atoms with Crippen molar-refractivity contribution in [2.24, 2.45) is 0 Å². The lowest BCUT2D eigenvalue weighted by atomic mass is 9.89. The van der Waals surface area contributed by atoms with Gasteiger partial charge in [0, 0.05) is 28.7 Å². The van der Waals surface area contributed by atoms with Crippen molar-refractivity contribution in [1.29, 1.82) is 0 Å². The van der Waals surface area contributed by atoms with Gasteiger partial charge in [0.25, 0.3) is 11.8 Å². The Hall–Kier alpha value is -5.57. The number of H-pyrrole nitrogens is 1. The first-order valence-electron chi connectivity index (χ1n) is 14.5. The van der Waals surface area contributed by atoms with Crippen LogP contribution in [-0.4, -0.2) is 47.5 Å². The van der Waals surface area contributed by atoms with Gasteiger partial charge in [-0.25, -0.2) is 9.69 Å². The number of aromatic amines is 1.